The number of amides is 1. The van der Waals surface area contributed by atoms with Gasteiger partial charge < -0.3 is 15.5 Å². The number of carboxylic acids is 1. The number of nitrogens with one attached hydrogen (secondary N) is 1. The molecule has 0 aromatic carbocycles. The smallest absolute Gasteiger partial charge is 0.328 e. The van der Waals surface area contributed by atoms with E-state index < -0.39 is 11.9 Å². The van der Waals surface area contributed by atoms with Crippen LogP contribution in [-0.4, -0.2) is 27.9 Å². The van der Waals surface area contributed by atoms with Crippen molar-refractivity contribution in [3.8, 4) is 0 Å². The Hall–Kier alpha value is -2.11. The van der Waals surface area contributed by atoms with E-state index in [2.05, 4.69) is 5.32 Å². The van der Waals surface area contributed by atoms with Gasteiger partial charge in [-0.25, -0.2) is 4.79 Å². The van der Waals surface area contributed by atoms with Crippen LogP contribution in [0.2, 0.25) is 0 Å². The Labute approximate surface area is 84.9 Å². The first kappa shape index (κ1) is 11.0. The van der Waals surface area contributed by atoms with Gasteiger partial charge in [0.05, 0.1) is 0 Å². The molecule has 0 saturated carbocycles. The molecule has 6 nitrogen and oxygen atoms in total. The van der Waals surface area contributed by atoms with Crippen LogP contribution in [0.25, 0.3) is 0 Å². The predicted molar refractivity (Wildman–Crippen MR) is 48.8 cm³/mol. The third-order valence-electron chi connectivity index (χ3n) is 1.78. The molecule has 0 heterocycles. The summed E-state index contributed by atoms with van der Waals surface area (Å²) >= 11 is 0. The summed E-state index contributed by atoms with van der Waals surface area (Å²) in [5.74, 6) is -2.54. The van der Waals surface area contributed by atoms with Crippen molar-refractivity contribution >= 4 is 17.7 Å². The van der Waals surface area contributed by atoms with Crippen molar-refractivity contribution < 1.29 is 24.6 Å². The number of Topliss-reactive ketones (excluding diaryl/α,β-unsaturated/α-hetero) is 1. The van der Waals surface area contributed by atoms with Crippen molar-refractivity contribution in [3.63, 3.8) is 0 Å². The molecule has 0 unspecified atom stereocenters. The summed E-state index contributed by atoms with van der Waals surface area (Å²) in [6.07, 6.45) is 1.78. The molecule has 0 radical (unpaired) electrons. The maximum absolute atomic E-state index is 11.1. The van der Waals surface area contributed by atoms with Gasteiger partial charge in [-0.3, -0.25) is 9.59 Å². The second-order valence-electron chi connectivity index (χ2n) is 2.91. The number of hydrogen-bond acceptors (Lipinski definition) is 4. The van der Waals surface area contributed by atoms with Crippen LogP contribution in [0.5, 0.6) is 0 Å². The number of allylic oxidation sites excluding steroid dienone is 2. The predicted octanol–water partition coefficient (Wildman–Crippen LogP) is -0.124. The van der Waals surface area contributed by atoms with Gasteiger partial charge in [-0.2, -0.15) is 0 Å². The van der Waals surface area contributed by atoms with E-state index in [4.69, 9.17) is 5.11 Å². The normalized spacial score (nSPS) is 16.1. The van der Waals surface area contributed by atoms with Crippen LogP contribution in [0.1, 0.15) is 12.8 Å². The molecule has 0 aromatic heterocycles. The lowest BCUT2D eigenvalue weighted by atomic mass is 10.3. The molecule has 1 aliphatic rings. The van der Waals surface area contributed by atoms with Gasteiger partial charge >= 0.3 is 5.97 Å². The van der Waals surface area contributed by atoms with Crippen LogP contribution in [-0.2, 0) is 14.4 Å². The van der Waals surface area contributed by atoms with Gasteiger partial charge in [0.15, 0.2) is 5.78 Å². The second-order valence-corrected chi connectivity index (χ2v) is 2.91. The Morgan fingerprint density at radius 2 is 1.93 bits per heavy atom. The summed E-state index contributed by atoms with van der Waals surface area (Å²) in [4.78, 5) is 32.2. The highest BCUT2D eigenvalue weighted by Gasteiger charge is 2.23. The van der Waals surface area contributed by atoms with E-state index in [1.165, 1.54) is 0 Å². The molecule has 0 bridgehead atoms. The van der Waals surface area contributed by atoms with E-state index >= 15 is 0 Å². The van der Waals surface area contributed by atoms with Gasteiger partial charge in [-0.05, 0) is 0 Å². The van der Waals surface area contributed by atoms with Crippen molar-refractivity contribution in [2.75, 3.05) is 0 Å². The Balaban J connectivity index is 2.63. The molecule has 0 atom stereocenters. The zero-order valence-electron chi connectivity index (χ0n) is 7.69. The lowest BCUT2D eigenvalue weighted by molar-refractivity contribution is -0.131. The lowest BCUT2D eigenvalue weighted by Gasteiger charge is -2.01. The molecular weight excluding hydrogens is 202 g/mol. The second kappa shape index (κ2) is 4.41. The fraction of sp³-hybridized carbons (Fsp3) is 0.222. The summed E-state index contributed by atoms with van der Waals surface area (Å²) in [5, 5.41) is 19.5. The van der Waals surface area contributed by atoms with Crippen LogP contribution in [0, 0.1) is 0 Å². The molecule has 6 heteroatoms. The summed E-state index contributed by atoms with van der Waals surface area (Å²) < 4.78 is 0. The number of carbonyl (C=O) groups is 3. The van der Waals surface area contributed by atoms with Crippen molar-refractivity contribution in [2.24, 2.45) is 0 Å². The van der Waals surface area contributed by atoms with Crippen molar-refractivity contribution in [1.82, 2.24) is 5.32 Å². The molecule has 80 valence electrons. The largest absolute Gasteiger partial charge is 0.510 e. The molecule has 1 aliphatic carbocycles. The number of carboxylic acid groups (broad SMARTS) is 1. The molecule has 0 fully saturated rings. The minimum Gasteiger partial charge on any atom is -0.510 e. The zero-order valence-corrected chi connectivity index (χ0v) is 7.69. The number of hydrogen-bond donors (Lipinski definition) is 3. The summed E-state index contributed by atoms with van der Waals surface area (Å²) in [7, 11) is 0. The SMILES string of the molecule is O=C(O)/C=C/C(=O)NC1=C(O)CCC1=O. The van der Waals surface area contributed by atoms with E-state index in [9.17, 15) is 19.5 Å². The molecule has 15 heavy (non-hydrogen) atoms. The van der Waals surface area contributed by atoms with Crippen LogP contribution in [0.4, 0.5) is 0 Å². The quantitative estimate of drug-likeness (QED) is 0.564. The highest BCUT2D eigenvalue weighted by atomic mass is 16.4. The monoisotopic (exact) mass is 211 g/mol. The van der Waals surface area contributed by atoms with E-state index in [0.717, 1.165) is 6.08 Å². The number of carbonyl (C=O) groups excluding carboxylic acids is 2. The van der Waals surface area contributed by atoms with Crippen molar-refractivity contribution in [2.45, 2.75) is 12.8 Å². The Morgan fingerprint density at radius 3 is 2.40 bits per heavy atom. The van der Waals surface area contributed by atoms with Gasteiger partial charge in [-0.1, -0.05) is 0 Å². The number of rotatable bonds is 3. The minimum absolute atomic E-state index is 0.143. The highest BCUT2D eigenvalue weighted by Crippen LogP contribution is 2.17. The molecule has 1 rings (SSSR count). The first-order valence-electron chi connectivity index (χ1n) is 4.18. The number of ketones is 1. The highest BCUT2D eigenvalue weighted by molar-refractivity contribution is 6.04. The van der Waals surface area contributed by atoms with Gasteiger partial charge in [0.25, 0.3) is 0 Å². The van der Waals surface area contributed by atoms with Crippen LogP contribution >= 0.6 is 0 Å². The first-order valence-corrected chi connectivity index (χ1v) is 4.18. The third kappa shape index (κ3) is 2.94. The number of aliphatic hydroxyl groups excluding tert-OH is 1. The van der Waals surface area contributed by atoms with Crippen molar-refractivity contribution in [1.29, 1.82) is 0 Å². The maximum atomic E-state index is 11.1. The maximum Gasteiger partial charge on any atom is 0.328 e. The summed E-state index contributed by atoms with van der Waals surface area (Å²) in [5.41, 5.74) is -0.143. The van der Waals surface area contributed by atoms with E-state index in [-0.39, 0.29) is 30.1 Å². The Kier molecular flexibility index (Phi) is 3.22. The molecule has 0 aliphatic heterocycles. The summed E-state index contributed by atoms with van der Waals surface area (Å²) in [6.45, 7) is 0. The first-order chi connectivity index (χ1) is 7.00. The third-order valence-corrected chi connectivity index (χ3v) is 1.78. The molecule has 3 N–H and O–H groups in total. The van der Waals surface area contributed by atoms with E-state index in [1.54, 1.807) is 0 Å². The standard InChI is InChI=1S/C9H9NO5/c11-5-1-2-6(12)9(5)10-7(13)3-4-8(14)15/h3-4,11H,1-2H2,(H,10,13)(H,14,15)/b4-3+. The topological polar surface area (TPSA) is 104 Å². The fourth-order valence-electron chi connectivity index (χ4n) is 1.10. The lowest BCUT2D eigenvalue weighted by Crippen LogP contribution is -2.24. The van der Waals surface area contributed by atoms with Crippen LogP contribution in [0.15, 0.2) is 23.6 Å². The Bertz CT molecular complexity index is 380. The Morgan fingerprint density at radius 1 is 1.27 bits per heavy atom. The van der Waals surface area contributed by atoms with Crippen LogP contribution < -0.4 is 5.32 Å². The average molecular weight is 211 g/mol. The summed E-state index contributed by atoms with van der Waals surface area (Å²) in [6, 6.07) is 0. The molecular formula is C9H9NO5. The van der Waals surface area contributed by atoms with E-state index in [0.29, 0.717) is 6.08 Å². The van der Waals surface area contributed by atoms with E-state index in [1.807, 2.05) is 0 Å². The minimum atomic E-state index is -1.26. The molecule has 0 spiro atoms. The molecule has 1 amide bonds. The number of aliphatic hydroxyl groups is 1. The van der Waals surface area contributed by atoms with Crippen LogP contribution in [0.3, 0.4) is 0 Å². The molecule has 0 saturated heterocycles. The van der Waals surface area contributed by atoms with Gasteiger partial charge in [0.1, 0.15) is 11.5 Å². The molecule has 0 aromatic rings. The number of aliphatic carboxylic acids is 1. The van der Waals surface area contributed by atoms with Gasteiger partial charge in [-0.15, -0.1) is 0 Å². The average Bonchev–Trinajstić information content (AvgIpc) is 2.46. The zero-order chi connectivity index (χ0) is 11.4. The fourth-order valence-corrected chi connectivity index (χ4v) is 1.10. The van der Waals surface area contributed by atoms with Crippen molar-refractivity contribution in [3.05, 3.63) is 23.6 Å². The van der Waals surface area contributed by atoms with Gasteiger partial charge in [0.2, 0.25) is 5.91 Å². The van der Waals surface area contributed by atoms with Gasteiger partial charge in [0, 0.05) is 25.0 Å².